The number of hydrogen-bond donors (Lipinski definition) is 3. The van der Waals surface area contributed by atoms with Crippen LogP contribution in [0.2, 0.25) is 5.02 Å². The van der Waals surface area contributed by atoms with Crippen LogP contribution in [-0.4, -0.2) is 21.4 Å². The van der Waals surface area contributed by atoms with Crippen LogP contribution in [0.25, 0.3) is 0 Å². The topological polar surface area (TPSA) is 133 Å². The first kappa shape index (κ1) is 18.9. The Hall–Kier alpha value is -2.45. The van der Waals surface area contributed by atoms with Crippen molar-refractivity contribution in [1.29, 1.82) is 0 Å². The molecule has 0 saturated heterocycles. The van der Waals surface area contributed by atoms with Gasteiger partial charge in [-0.3, -0.25) is 10.1 Å². The minimum atomic E-state index is -0.536. The van der Waals surface area contributed by atoms with Crippen LogP contribution in [0.1, 0.15) is 30.5 Å². The Bertz CT molecular complexity index is 741. The van der Waals surface area contributed by atoms with Gasteiger partial charge in [0.2, 0.25) is 11.8 Å². The van der Waals surface area contributed by atoms with E-state index in [0.29, 0.717) is 30.2 Å². The molecule has 0 amide bonds. The second kappa shape index (κ2) is 9.14. The Labute approximate surface area is 150 Å². The van der Waals surface area contributed by atoms with Gasteiger partial charge in [-0.2, -0.15) is 4.98 Å². The fourth-order valence-electron chi connectivity index (χ4n) is 2.40. The molecule has 0 aliphatic heterocycles. The molecule has 9 heteroatoms. The number of nitrogen functional groups attached to an aromatic ring is 1. The maximum atomic E-state index is 11.3. The highest BCUT2D eigenvalue weighted by Gasteiger charge is 2.22. The number of nitro groups is 1. The predicted octanol–water partition coefficient (Wildman–Crippen LogP) is 2.90. The molecule has 0 aliphatic carbocycles. The zero-order valence-corrected chi connectivity index (χ0v) is 14.5. The third-order valence-corrected chi connectivity index (χ3v) is 4.05. The number of halogens is 1. The summed E-state index contributed by atoms with van der Waals surface area (Å²) in [6, 6.07) is 7.37. The molecular weight excluding hydrogens is 344 g/mol. The Morgan fingerprint density at radius 3 is 2.64 bits per heavy atom. The van der Waals surface area contributed by atoms with Crippen molar-refractivity contribution in [2.45, 2.75) is 32.2 Å². The van der Waals surface area contributed by atoms with Gasteiger partial charge in [0, 0.05) is 11.6 Å². The monoisotopic (exact) mass is 364 g/mol. The molecule has 1 heterocycles. The van der Waals surface area contributed by atoms with E-state index >= 15 is 0 Å². The summed E-state index contributed by atoms with van der Waals surface area (Å²) in [5, 5.41) is 14.9. The van der Waals surface area contributed by atoms with Gasteiger partial charge in [-0.05, 0) is 37.4 Å². The van der Waals surface area contributed by atoms with Crippen molar-refractivity contribution in [2.75, 3.05) is 17.6 Å². The van der Waals surface area contributed by atoms with Crippen LogP contribution in [0.3, 0.4) is 0 Å². The molecule has 25 heavy (non-hydrogen) atoms. The maximum Gasteiger partial charge on any atom is 0.332 e. The van der Waals surface area contributed by atoms with Crippen LogP contribution in [0.5, 0.6) is 0 Å². The molecular formula is C16H21ClN6O2. The van der Waals surface area contributed by atoms with E-state index in [1.807, 2.05) is 18.2 Å². The maximum absolute atomic E-state index is 11.3. The van der Waals surface area contributed by atoms with E-state index in [9.17, 15) is 10.1 Å². The summed E-state index contributed by atoms with van der Waals surface area (Å²) in [6.07, 6.45) is 2.94. The van der Waals surface area contributed by atoms with Gasteiger partial charge in [0.15, 0.2) is 0 Å². The summed E-state index contributed by atoms with van der Waals surface area (Å²) in [6.45, 7) is 0.988. The molecule has 134 valence electrons. The Kier molecular flexibility index (Phi) is 6.91. The summed E-state index contributed by atoms with van der Waals surface area (Å²) >= 11 is 6.11. The molecule has 0 atom stereocenters. The lowest BCUT2D eigenvalue weighted by Gasteiger charge is -2.10. The molecule has 0 saturated carbocycles. The van der Waals surface area contributed by atoms with E-state index in [1.165, 1.54) is 0 Å². The summed E-state index contributed by atoms with van der Waals surface area (Å²) in [7, 11) is 0. The lowest BCUT2D eigenvalue weighted by molar-refractivity contribution is -0.385. The third-order valence-electron chi connectivity index (χ3n) is 3.68. The quantitative estimate of drug-likeness (QED) is 0.354. The first-order chi connectivity index (χ1) is 12.0. The van der Waals surface area contributed by atoms with Gasteiger partial charge in [-0.1, -0.05) is 36.2 Å². The number of benzene rings is 1. The number of nitrogens with two attached hydrogens (primary N) is 2. The standard InChI is InChI=1S/C16H21ClN6O2/c17-12-7-4-3-6-11(12)10-20-16-21-13(8-2-1-5-9-18)14(23(24)25)15(19)22-16/h3-4,6-7H,1-2,5,8-10,18H2,(H3,19,20,21,22). The van der Waals surface area contributed by atoms with Gasteiger partial charge in [-0.15, -0.1) is 0 Å². The van der Waals surface area contributed by atoms with Crippen LogP contribution in [0.4, 0.5) is 17.5 Å². The number of aryl methyl sites for hydroxylation is 1. The summed E-state index contributed by atoms with van der Waals surface area (Å²) in [5.41, 5.74) is 12.2. The summed E-state index contributed by atoms with van der Waals surface area (Å²) in [4.78, 5) is 19.0. The van der Waals surface area contributed by atoms with Gasteiger partial charge in [0.25, 0.3) is 0 Å². The first-order valence-electron chi connectivity index (χ1n) is 8.01. The highest BCUT2D eigenvalue weighted by molar-refractivity contribution is 6.31. The smallest absolute Gasteiger partial charge is 0.332 e. The number of unbranched alkanes of at least 4 members (excludes halogenated alkanes) is 2. The lowest BCUT2D eigenvalue weighted by Crippen LogP contribution is -2.11. The molecule has 1 aromatic carbocycles. The van der Waals surface area contributed by atoms with Crippen molar-refractivity contribution in [3.05, 3.63) is 50.7 Å². The van der Waals surface area contributed by atoms with Gasteiger partial charge in [0.1, 0.15) is 5.69 Å². The molecule has 0 fully saturated rings. The molecule has 0 radical (unpaired) electrons. The molecule has 0 bridgehead atoms. The van der Waals surface area contributed by atoms with Gasteiger partial charge >= 0.3 is 5.69 Å². The number of nitrogens with zero attached hydrogens (tertiary/aromatic N) is 3. The van der Waals surface area contributed by atoms with Gasteiger partial charge < -0.3 is 16.8 Å². The van der Waals surface area contributed by atoms with Crippen molar-refractivity contribution in [3.63, 3.8) is 0 Å². The van der Waals surface area contributed by atoms with E-state index in [-0.39, 0.29) is 17.5 Å². The van der Waals surface area contributed by atoms with Crippen molar-refractivity contribution in [3.8, 4) is 0 Å². The van der Waals surface area contributed by atoms with Crippen molar-refractivity contribution in [1.82, 2.24) is 9.97 Å². The number of nitrogens with one attached hydrogen (secondary N) is 1. The van der Waals surface area contributed by atoms with Crippen LogP contribution < -0.4 is 16.8 Å². The molecule has 5 N–H and O–H groups in total. The minimum Gasteiger partial charge on any atom is -0.378 e. The number of rotatable bonds is 9. The average molecular weight is 365 g/mol. The highest BCUT2D eigenvalue weighted by Crippen LogP contribution is 2.26. The second-order valence-corrected chi connectivity index (χ2v) is 5.94. The molecule has 0 unspecified atom stereocenters. The first-order valence-corrected chi connectivity index (χ1v) is 8.39. The van der Waals surface area contributed by atoms with Crippen LogP contribution in [-0.2, 0) is 13.0 Å². The van der Waals surface area contributed by atoms with E-state index in [4.69, 9.17) is 23.1 Å². The zero-order chi connectivity index (χ0) is 18.2. The van der Waals surface area contributed by atoms with Crippen LogP contribution in [0.15, 0.2) is 24.3 Å². The zero-order valence-electron chi connectivity index (χ0n) is 13.7. The average Bonchev–Trinajstić information content (AvgIpc) is 2.57. The van der Waals surface area contributed by atoms with Crippen molar-refractivity contribution in [2.24, 2.45) is 5.73 Å². The van der Waals surface area contributed by atoms with E-state index < -0.39 is 4.92 Å². The number of aromatic nitrogens is 2. The van der Waals surface area contributed by atoms with E-state index in [2.05, 4.69) is 15.3 Å². The fraction of sp³-hybridized carbons (Fsp3) is 0.375. The van der Waals surface area contributed by atoms with Crippen LogP contribution >= 0.6 is 11.6 Å². The Balaban J connectivity index is 2.16. The highest BCUT2D eigenvalue weighted by atomic mass is 35.5. The van der Waals surface area contributed by atoms with E-state index in [0.717, 1.165) is 24.8 Å². The van der Waals surface area contributed by atoms with Crippen molar-refractivity contribution >= 4 is 29.1 Å². The predicted molar refractivity (Wildman–Crippen MR) is 98.5 cm³/mol. The SMILES string of the molecule is NCCCCCc1nc(NCc2ccccc2Cl)nc(N)c1[N+](=O)[O-]. The minimum absolute atomic E-state index is 0.143. The third kappa shape index (κ3) is 5.27. The van der Waals surface area contributed by atoms with Crippen LogP contribution in [0, 0.1) is 10.1 Å². The molecule has 8 nitrogen and oxygen atoms in total. The largest absolute Gasteiger partial charge is 0.378 e. The molecule has 2 rings (SSSR count). The van der Waals surface area contributed by atoms with Gasteiger partial charge in [-0.25, -0.2) is 4.98 Å². The normalized spacial score (nSPS) is 10.6. The molecule has 0 aliphatic rings. The lowest BCUT2D eigenvalue weighted by atomic mass is 10.1. The Morgan fingerprint density at radius 1 is 1.20 bits per heavy atom. The summed E-state index contributed by atoms with van der Waals surface area (Å²) < 4.78 is 0. The number of anilines is 2. The Morgan fingerprint density at radius 2 is 1.96 bits per heavy atom. The van der Waals surface area contributed by atoms with Crippen molar-refractivity contribution < 1.29 is 4.92 Å². The van der Waals surface area contributed by atoms with Gasteiger partial charge in [0.05, 0.1) is 4.92 Å². The molecule has 0 spiro atoms. The number of hydrogen-bond acceptors (Lipinski definition) is 7. The fourth-order valence-corrected chi connectivity index (χ4v) is 2.61. The molecule has 1 aromatic heterocycles. The summed E-state index contributed by atoms with van der Waals surface area (Å²) in [5.74, 6) is 0.104. The van der Waals surface area contributed by atoms with E-state index in [1.54, 1.807) is 6.07 Å². The molecule has 2 aromatic rings. The second-order valence-electron chi connectivity index (χ2n) is 5.53.